The second-order valence-corrected chi connectivity index (χ2v) is 7.84. The summed E-state index contributed by atoms with van der Waals surface area (Å²) in [5.74, 6) is 0.259. The summed E-state index contributed by atoms with van der Waals surface area (Å²) in [5.41, 5.74) is 1.11. The van der Waals surface area contributed by atoms with Crippen molar-refractivity contribution in [2.75, 3.05) is 31.6 Å². The van der Waals surface area contributed by atoms with E-state index in [1.165, 1.54) is 0 Å². The predicted octanol–water partition coefficient (Wildman–Crippen LogP) is 2.12. The predicted molar refractivity (Wildman–Crippen MR) is 122 cm³/mol. The zero-order valence-electron chi connectivity index (χ0n) is 18.2. The Kier molecular flexibility index (Phi) is 7.60. The number of piperidine rings is 1. The molecule has 1 aromatic heterocycles. The third-order valence-corrected chi connectivity index (χ3v) is 5.54. The molecule has 2 amide bonds. The lowest BCUT2D eigenvalue weighted by molar-refractivity contribution is 0.0909. The fraction of sp³-hybridized carbons (Fsp3) is 0.348. The van der Waals surface area contributed by atoms with E-state index >= 15 is 0 Å². The Morgan fingerprint density at radius 1 is 1.03 bits per heavy atom. The summed E-state index contributed by atoms with van der Waals surface area (Å²) in [4.78, 5) is 27.2. The third kappa shape index (κ3) is 6.36. The molecular formula is C23H27N7O3. The highest BCUT2D eigenvalue weighted by Crippen LogP contribution is 2.19. The average Bonchev–Trinajstić information content (AvgIpc) is 3.36. The summed E-state index contributed by atoms with van der Waals surface area (Å²) < 4.78 is 5.88. The van der Waals surface area contributed by atoms with Gasteiger partial charge in [-0.25, -0.2) is 0 Å². The van der Waals surface area contributed by atoms with Crippen molar-refractivity contribution in [3.05, 3.63) is 65.7 Å². The number of ether oxygens (including phenoxy) is 1. The summed E-state index contributed by atoms with van der Waals surface area (Å²) in [7, 11) is 0. The molecule has 2 aromatic carbocycles. The van der Waals surface area contributed by atoms with Gasteiger partial charge < -0.3 is 15.0 Å². The number of carbonyl (C=O) groups excluding carboxylic acids is 2. The number of H-pyrrole nitrogens is 1. The Hall–Kier alpha value is -3.79. The number of carbonyl (C=O) groups is 2. The first-order valence-corrected chi connectivity index (χ1v) is 11.0. The molecule has 3 aromatic rings. The molecule has 10 heteroatoms. The molecule has 1 fully saturated rings. The molecular weight excluding hydrogens is 422 g/mol. The van der Waals surface area contributed by atoms with Gasteiger partial charge in [0.05, 0.1) is 12.2 Å². The Labute approximate surface area is 191 Å². The minimum Gasteiger partial charge on any atom is -0.493 e. The van der Waals surface area contributed by atoms with E-state index in [9.17, 15) is 9.59 Å². The van der Waals surface area contributed by atoms with Crippen LogP contribution in [0.15, 0.2) is 54.6 Å². The van der Waals surface area contributed by atoms with Crippen molar-refractivity contribution < 1.29 is 14.3 Å². The normalized spacial score (nSPS) is 14.5. The van der Waals surface area contributed by atoms with Crippen molar-refractivity contribution >= 4 is 17.8 Å². The first-order valence-electron chi connectivity index (χ1n) is 11.0. The molecule has 0 bridgehead atoms. The van der Waals surface area contributed by atoms with Gasteiger partial charge in [-0.1, -0.05) is 35.4 Å². The number of amides is 2. The Morgan fingerprint density at radius 3 is 2.55 bits per heavy atom. The van der Waals surface area contributed by atoms with E-state index in [-0.39, 0.29) is 23.8 Å². The van der Waals surface area contributed by atoms with Crippen molar-refractivity contribution in [1.29, 1.82) is 0 Å². The number of tetrazole rings is 1. The van der Waals surface area contributed by atoms with Crippen LogP contribution in [0.4, 0.5) is 5.95 Å². The first-order chi connectivity index (χ1) is 16.2. The minimum absolute atomic E-state index is 0.00974. The summed E-state index contributed by atoms with van der Waals surface area (Å²) in [6.07, 6.45) is 2.69. The highest BCUT2D eigenvalue weighted by Gasteiger charge is 2.21. The molecule has 1 saturated heterocycles. The summed E-state index contributed by atoms with van der Waals surface area (Å²) in [6.45, 7) is 3.26. The molecule has 0 saturated carbocycles. The molecule has 0 atom stereocenters. The van der Waals surface area contributed by atoms with Crippen LogP contribution >= 0.6 is 0 Å². The number of nitrogens with one attached hydrogen (secondary N) is 3. The van der Waals surface area contributed by atoms with Gasteiger partial charge in [0.25, 0.3) is 17.8 Å². The average molecular weight is 450 g/mol. The zero-order chi connectivity index (χ0) is 22.9. The van der Waals surface area contributed by atoms with Gasteiger partial charge in [-0.2, -0.15) is 5.21 Å². The van der Waals surface area contributed by atoms with E-state index < -0.39 is 0 Å². The third-order valence-electron chi connectivity index (χ3n) is 5.54. The van der Waals surface area contributed by atoms with Crippen LogP contribution in [0.5, 0.6) is 5.75 Å². The topological polar surface area (TPSA) is 125 Å². The van der Waals surface area contributed by atoms with E-state index in [0.29, 0.717) is 23.5 Å². The van der Waals surface area contributed by atoms with Gasteiger partial charge in [-0.3, -0.25) is 14.9 Å². The van der Waals surface area contributed by atoms with Gasteiger partial charge in [0, 0.05) is 31.2 Å². The van der Waals surface area contributed by atoms with Gasteiger partial charge in [0.15, 0.2) is 0 Å². The van der Waals surface area contributed by atoms with Crippen molar-refractivity contribution in [2.45, 2.75) is 25.3 Å². The molecule has 2 heterocycles. The SMILES string of the molecule is O=C(NC1CCN(CCCOc2ccccc2C(=O)Nc2nn[nH]n2)CC1)c1ccccc1. The lowest BCUT2D eigenvalue weighted by Crippen LogP contribution is -2.45. The number of aromatic amines is 1. The van der Waals surface area contributed by atoms with Crippen molar-refractivity contribution in [3.8, 4) is 5.75 Å². The second-order valence-electron chi connectivity index (χ2n) is 7.84. The Balaban J connectivity index is 1.17. The van der Waals surface area contributed by atoms with E-state index in [2.05, 4.69) is 36.2 Å². The monoisotopic (exact) mass is 449 g/mol. The maximum Gasteiger partial charge on any atom is 0.270 e. The number of aromatic nitrogens is 4. The molecule has 10 nitrogen and oxygen atoms in total. The van der Waals surface area contributed by atoms with Gasteiger partial charge in [-0.15, -0.1) is 5.10 Å². The summed E-state index contributed by atoms with van der Waals surface area (Å²) >= 11 is 0. The fourth-order valence-electron chi connectivity index (χ4n) is 3.79. The molecule has 0 aliphatic carbocycles. The van der Waals surface area contributed by atoms with Gasteiger partial charge >= 0.3 is 0 Å². The minimum atomic E-state index is -0.355. The van der Waals surface area contributed by atoms with Crippen LogP contribution in [0.3, 0.4) is 0 Å². The van der Waals surface area contributed by atoms with Crippen LogP contribution in [0.25, 0.3) is 0 Å². The number of para-hydroxylation sites is 1. The van der Waals surface area contributed by atoms with E-state index in [0.717, 1.165) is 38.9 Å². The number of hydrogen-bond donors (Lipinski definition) is 3. The molecule has 3 N–H and O–H groups in total. The number of nitrogens with zero attached hydrogens (tertiary/aromatic N) is 4. The molecule has 0 radical (unpaired) electrons. The van der Waals surface area contributed by atoms with Crippen LogP contribution in [0.2, 0.25) is 0 Å². The van der Waals surface area contributed by atoms with Crippen LogP contribution < -0.4 is 15.4 Å². The Morgan fingerprint density at radius 2 is 1.79 bits per heavy atom. The lowest BCUT2D eigenvalue weighted by atomic mass is 10.0. The van der Waals surface area contributed by atoms with Gasteiger partial charge in [0.2, 0.25) is 0 Å². The number of rotatable bonds is 9. The molecule has 1 aliphatic heterocycles. The van der Waals surface area contributed by atoms with Crippen molar-refractivity contribution in [1.82, 2.24) is 30.8 Å². The van der Waals surface area contributed by atoms with Gasteiger partial charge in [0.1, 0.15) is 5.75 Å². The largest absolute Gasteiger partial charge is 0.493 e. The van der Waals surface area contributed by atoms with Crippen molar-refractivity contribution in [2.24, 2.45) is 0 Å². The van der Waals surface area contributed by atoms with Gasteiger partial charge in [-0.05, 0) is 48.7 Å². The van der Waals surface area contributed by atoms with E-state index in [4.69, 9.17) is 4.74 Å². The molecule has 1 aliphatic rings. The first kappa shape index (κ1) is 22.4. The number of anilines is 1. The smallest absolute Gasteiger partial charge is 0.270 e. The molecule has 0 unspecified atom stereocenters. The standard InChI is InChI=1S/C23H27N7O3/c31-21(17-7-2-1-3-8-17)24-18-11-14-30(15-12-18)13-6-16-33-20-10-5-4-9-19(20)22(32)25-23-26-28-29-27-23/h1-5,7-10,18H,6,11-16H2,(H,24,31)(H2,25,26,27,28,29,32). The highest BCUT2D eigenvalue weighted by molar-refractivity contribution is 6.05. The molecule has 33 heavy (non-hydrogen) atoms. The quantitative estimate of drug-likeness (QED) is 0.427. The van der Waals surface area contributed by atoms with Crippen LogP contribution in [-0.4, -0.2) is 69.6 Å². The van der Waals surface area contributed by atoms with Crippen LogP contribution in [0.1, 0.15) is 40.0 Å². The maximum atomic E-state index is 12.5. The van der Waals surface area contributed by atoms with Crippen LogP contribution in [0, 0.1) is 0 Å². The summed E-state index contributed by atoms with van der Waals surface area (Å²) in [6, 6.07) is 16.6. The molecule has 172 valence electrons. The second kappa shape index (κ2) is 11.2. The Bertz CT molecular complexity index is 1040. The highest BCUT2D eigenvalue weighted by atomic mass is 16.5. The number of benzene rings is 2. The fourth-order valence-corrected chi connectivity index (χ4v) is 3.79. The maximum absolute atomic E-state index is 12.5. The molecule has 0 spiro atoms. The molecule has 4 rings (SSSR count). The number of hydrogen-bond acceptors (Lipinski definition) is 7. The van der Waals surface area contributed by atoms with Crippen molar-refractivity contribution in [3.63, 3.8) is 0 Å². The van der Waals surface area contributed by atoms with Crippen LogP contribution in [-0.2, 0) is 0 Å². The summed E-state index contributed by atoms with van der Waals surface area (Å²) in [5, 5.41) is 18.9. The van der Waals surface area contributed by atoms with E-state index in [1.54, 1.807) is 18.2 Å². The number of likely N-dealkylation sites (tertiary alicyclic amines) is 1. The lowest BCUT2D eigenvalue weighted by Gasteiger charge is -2.32. The zero-order valence-corrected chi connectivity index (χ0v) is 18.2. The van der Waals surface area contributed by atoms with E-state index in [1.807, 2.05) is 36.4 Å².